The van der Waals surface area contributed by atoms with Crippen molar-refractivity contribution in [2.45, 2.75) is 27.2 Å². The van der Waals surface area contributed by atoms with E-state index >= 15 is 0 Å². The second-order valence-electron chi connectivity index (χ2n) is 3.80. The highest BCUT2D eigenvalue weighted by atomic mass is 79.9. The van der Waals surface area contributed by atoms with Crippen LogP contribution in [0.4, 0.5) is 0 Å². The Morgan fingerprint density at radius 1 is 1.36 bits per heavy atom. The van der Waals surface area contributed by atoms with Crippen LogP contribution in [0.1, 0.15) is 26.5 Å². The molecule has 0 unspecified atom stereocenters. The summed E-state index contributed by atoms with van der Waals surface area (Å²) in [5.74, 6) is 0. The largest absolute Gasteiger partial charge is 0.197 e. The Balaban J connectivity index is 2.72. The Bertz CT molecular complexity index is 236. The first kappa shape index (κ1) is 8.71. The van der Waals surface area contributed by atoms with Crippen LogP contribution in [0.2, 0.25) is 0 Å². The van der Waals surface area contributed by atoms with Crippen LogP contribution in [0.15, 0.2) is 4.60 Å². The smallest absolute Gasteiger partial charge is 0.151 e. The van der Waals surface area contributed by atoms with E-state index in [4.69, 9.17) is 0 Å². The topological polar surface area (TPSA) is 41.6 Å². The van der Waals surface area contributed by atoms with Gasteiger partial charge < -0.3 is 0 Å². The van der Waals surface area contributed by atoms with Crippen molar-refractivity contribution in [2.75, 3.05) is 0 Å². The molecule has 0 amide bonds. The van der Waals surface area contributed by atoms with Crippen molar-refractivity contribution in [3.63, 3.8) is 0 Å². The molecule has 0 atom stereocenters. The summed E-state index contributed by atoms with van der Waals surface area (Å²) < 4.78 is 0.826. The summed E-state index contributed by atoms with van der Waals surface area (Å²) in [7, 11) is 0. The molecule has 62 valence electrons. The van der Waals surface area contributed by atoms with Gasteiger partial charge in [0.05, 0.1) is 5.69 Å². The lowest BCUT2D eigenvalue weighted by atomic mass is 9.91. The average Bonchev–Trinajstić information content (AvgIpc) is 2.12. The van der Waals surface area contributed by atoms with Gasteiger partial charge in [0.2, 0.25) is 0 Å². The molecule has 0 radical (unpaired) electrons. The van der Waals surface area contributed by atoms with Crippen LogP contribution in [-0.2, 0) is 6.42 Å². The number of H-pyrrole nitrogens is 1. The minimum absolute atomic E-state index is 0.263. The Morgan fingerprint density at radius 2 is 2.00 bits per heavy atom. The van der Waals surface area contributed by atoms with Gasteiger partial charge in [0.1, 0.15) is 0 Å². The summed E-state index contributed by atoms with van der Waals surface area (Å²) in [6.45, 7) is 6.52. The van der Waals surface area contributed by atoms with E-state index in [0.717, 1.165) is 16.7 Å². The van der Waals surface area contributed by atoms with Crippen molar-refractivity contribution < 1.29 is 0 Å². The standard InChI is InChI=1S/C7H12BrN3/c1-7(2,3)4-5-6(8)10-11-9-5/h4H2,1-3H3,(H,9,10,11). The molecule has 0 aliphatic carbocycles. The third-order valence-electron chi connectivity index (χ3n) is 1.27. The predicted molar refractivity (Wildman–Crippen MR) is 47.2 cm³/mol. The van der Waals surface area contributed by atoms with E-state index in [1.165, 1.54) is 0 Å². The third-order valence-corrected chi connectivity index (χ3v) is 1.90. The van der Waals surface area contributed by atoms with Gasteiger partial charge >= 0.3 is 0 Å². The number of hydrogen-bond donors (Lipinski definition) is 1. The summed E-state index contributed by atoms with van der Waals surface area (Å²) in [5.41, 5.74) is 1.26. The molecule has 1 aromatic rings. The molecule has 11 heavy (non-hydrogen) atoms. The van der Waals surface area contributed by atoms with Crippen molar-refractivity contribution in [1.29, 1.82) is 0 Å². The molecule has 1 rings (SSSR count). The fourth-order valence-electron chi connectivity index (χ4n) is 0.855. The summed E-state index contributed by atoms with van der Waals surface area (Å²) in [6, 6.07) is 0. The molecule has 4 heteroatoms. The summed E-state index contributed by atoms with van der Waals surface area (Å²) >= 11 is 3.31. The fourth-order valence-corrected chi connectivity index (χ4v) is 1.16. The normalized spacial score (nSPS) is 12.0. The monoisotopic (exact) mass is 217 g/mol. The minimum Gasteiger partial charge on any atom is -0.197 e. The lowest BCUT2D eigenvalue weighted by Crippen LogP contribution is -2.09. The lowest BCUT2D eigenvalue weighted by Gasteiger charge is -2.15. The van der Waals surface area contributed by atoms with E-state index in [-0.39, 0.29) is 5.41 Å². The fraction of sp³-hybridized carbons (Fsp3) is 0.714. The summed E-state index contributed by atoms with van der Waals surface area (Å²) in [5, 5.41) is 10.5. The van der Waals surface area contributed by atoms with Gasteiger partial charge in [0, 0.05) is 0 Å². The Hall–Kier alpha value is -0.380. The Morgan fingerprint density at radius 3 is 2.36 bits per heavy atom. The van der Waals surface area contributed by atoms with Crippen molar-refractivity contribution in [3.8, 4) is 0 Å². The highest BCUT2D eigenvalue weighted by Crippen LogP contribution is 2.22. The van der Waals surface area contributed by atoms with Crippen LogP contribution < -0.4 is 0 Å². The van der Waals surface area contributed by atoms with Gasteiger partial charge in [0.15, 0.2) is 4.60 Å². The number of nitrogens with zero attached hydrogens (tertiary/aromatic N) is 2. The van der Waals surface area contributed by atoms with Crippen molar-refractivity contribution in [3.05, 3.63) is 10.3 Å². The molecule has 0 fully saturated rings. The van der Waals surface area contributed by atoms with Crippen LogP contribution >= 0.6 is 15.9 Å². The minimum atomic E-state index is 0.263. The van der Waals surface area contributed by atoms with E-state index in [1.54, 1.807) is 0 Å². The summed E-state index contributed by atoms with van der Waals surface area (Å²) in [4.78, 5) is 0. The lowest BCUT2D eigenvalue weighted by molar-refractivity contribution is 0.405. The molecule has 1 N–H and O–H groups in total. The van der Waals surface area contributed by atoms with Crippen LogP contribution in [-0.4, -0.2) is 15.4 Å². The number of nitrogens with one attached hydrogen (secondary N) is 1. The predicted octanol–water partition coefficient (Wildman–Crippen LogP) is 2.16. The quantitative estimate of drug-likeness (QED) is 0.784. The van der Waals surface area contributed by atoms with Crippen molar-refractivity contribution in [1.82, 2.24) is 15.4 Å². The summed E-state index contributed by atoms with van der Waals surface area (Å²) in [6.07, 6.45) is 0.935. The number of hydrogen-bond acceptors (Lipinski definition) is 2. The molecule has 0 aliphatic rings. The first-order valence-corrected chi connectivity index (χ1v) is 4.33. The maximum absolute atomic E-state index is 4.02. The zero-order chi connectivity index (χ0) is 8.48. The van der Waals surface area contributed by atoms with Gasteiger partial charge in [-0.25, -0.2) is 0 Å². The number of rotatable bonds is 1. The molecular weight excluding hydrogens is 206 g/mol. The Kier molecular flexibility index (Phi) is 2.32. The van der Waals surface area contributed by atoms with E-state index in [9.17, 15) is 0 Å². The molecular formula is C7H12BrN3. The highest BCUT2D eigenvalue weighted by Gasteiger charge is 2.15. The molecule has 0 spiro atoms. The van der Waals surface area contributed by atoms with E-state index in [1.807, 2.05) is 0 Å². The maximum atomic E-state index is 4.02. The zero-order valence-electron chi connectivity index (χ0n) is 6.98. The first-order chi connectivity index (χ1) is 4.99. The van der Waals surface area contributed by atoms with Crippen LogP contribution in [0.3, 0.4) is 0 Å². The van der Waals surface area contributed by atoms with Crippen molar-refractivity contribution in [2.24, 2.45) is 5.41 Å². The van der Waals surface area contributed by atoms with Crippen LogP contribution in [0.5, 0.6) is 0 Å². The van der Waals surface area contributed by atoms with Crippen LogP contribution in [0, 0.1) is 5.41 Å². The second-order valence-corrected chi connectivity index (χ2v) is 4.55. The van der Waals surface area contributed by atoms with Gasteiger partial charge in [-0.15, -0.1) is 5.10 Å². The first-order valence-electron chi connectivity index (χ1n) is 3.54. The van der Waals surface area contributed by atoms with Gasteiger partial charge in [-0.05, 0) is 27.8 Å². The highest BCUT2D eigenvalue weighted by molar-refractivity contribution is 9.10. The van der Waals surface area contributed by atoms with Crippen LogP contribution in [0.25, 0.3) is 0 Å². The third kappa shape index (κ3) is 2.61. The number of halogens is 1. The number of aromatic amines is 1. The van der Waals surface area contributed by atoms with Gasteiger partial charge in [-0.2, -0.15) is 10.3 Å². The van der Waals surface area contributed by atoms with E-state index in [2.05, 4.69) is 52.1 Å². The van der Waals surface area contributed by atoms with E-state index in [0.29, 0.717) is 0 Å². The van der Waals surface area contributed by atoms with Gasteiger partial charge in [-0.1, -0.05) is 20.8 Å². The van der Waals surface area contributed by atoms with Gasteiger partial charge in [0.25, 0.3) is 0 Å². The SMILES string of the molecule is CC(C)(C)Cc1n[nH]nc1Br. The average molecular weight is 218 g/mol. The molecule has 1 heterocycles. The van der Waals surface area contributed by atoms with E-state index < -0.39 is 0 Å². The molecule has 3 nitrogen and oxygen atoms in total. The Labute approximate surface area is 74.7 Å². The van der Waals surface area contributed by atoms with Gasteiger partial charge in [-0.3, -0.25) is 0 Å². The number of aromatic nitrogens is 3. The second kappa shape index (κ2) is 2.93. The maximum Gasteiger partial charge on any atom is 0.151 e. The molecule has 0 bridgehead atoms. The molecule has 0 saturated heterocycles. The molecule has 0 aromatic carbocycles. The van der Waals surface area contributed by atoms with Crippen molar-refractivity contribution >= 4 is 15.9 Å². The molecule has 0 saturated carbocycles. The molecule has 1 aromatic heterocycles. The zero-order valence-corrected chi connectivity index (χ0v) is 8.57. The molecule has 0 aliphatic heterocycles.